The van der Waals surface area contributed by atoms with E-state index in [1.54, 1.807) is 4.57 Å². The Kier molecular flexibility index (Phi) is 4.61. The Bertz CT molecular complexity index is 1040. The number of rotatable bonds is 4. The highest BCUT2D eigenvalue weighted by molar-refractivity contribution is 6.05. The summed E-state index contributed by atoms with van der Waals surface area (Å²) in [6.45, 7) is 0.0508. The van der Waals surface area contributed by atoms with Gasteiger partial charge in [-0.3, -0.25) is 10.1 Å². The number of esters is 1. The molecule has 9 heteroatoms. The molecule has 1 aromatic heterocycles. The molecule has 3 aromatic rings. The van der Waals surface area contributed by atoms with Crippen LogP contribution in [0.25, 0.3) is 10.9 Å². The van der Waals surface area contributed by atoms with E-state index in [1.807, 2.05) is 0 Å². The third-order valence-corrected chi connectivity index (χ3v) is 4.09. The van der Waals surface area contributed by atoms with Gasteiger partial charge in [-0.1, -0.05) is 12.1 Å². The van der Waals surface area contributed by atoms with Crippen molar-refractivity contribution in [1.29, 1.82) is 0 Å². The number of hydrogen-bond donors (Lipinski definition) is 0. The van der Waals surface area contributed by atoms with Crippen molar-refractivity contribution in [3.8, 4) is 0 Å². The minimum atomic E-state index is -4.47. The van der Waals surface area contributed by atoms with Gasteiger partial charge in [-0.2, -0.15) is 13.2 Å². The zero-order valence-electron chi connectivity index (χ0n) is 14.0. The number of non-ortho nitro benzene ring substituents is 1. The first kappa shape index (κ1) is 18.4. The summed E-state index contributed by atoms with van der Waals surface area (Å²) >= 11 is 0. The van der Waals surface area contributed by atoms with Gasteiger partial charge in [-0.15, -0.1) is 0 Å². The molecule has 140 valence electrons. The molecule has 0 saturated heterocycles. The smallest absolute Gasteiger partial charge is 0.416 e. The summed E-state index contributed by atoms with van der Waals surface area (Å²) in [5.41, 5.74) is -0.0390. The molecule has 0 aliphatic carbocycles. The zero-order valence-corrected chi connectivity index (χ0v) is 14.0. The van der Waals surface area contributed by atoms with E-state index in [0.717, 1.165) is 12.1 Å². The van der Waals surface area contributed by atoms with Crippen molar-refractivity contribution >= 4 is 22.6 Å². The van der Waals surface area contributed by atoms with Crippen LogP contribution in [0.15, 0.2) is 48.7 Å². The maximum Gasteiger partial charge on any atom is 0.416 e. The Morgan fingerprint density at radius 1 is 1.22 bits per heavy atom. The Morgan fingerprint density at radius 2 is 1.96 bits per heavy atom. The van der Waals surface area contributed by atoms with Crippen molar-refractivity contribution in [3.05, 3.63) is 75.5 Å². The van der Waals surface area contributed by atoms with Gasteiger partial charge in [0.15, 0.2) is 0 Å². The van der Waals surface area contributed by atoms with Crippen LogP contribution in [0.3, 0.4) is 0 Å². The fourth-order valence-electron chi connectivity index (χ4n) is 2.84. The molecule has 0 fully saturated rings. The molecular weight excluding hydrogens is 365 g/mol. The number of alkyl halides is 3. The van der Waals surface area contributed by atoms with Crippen LogP contribution in [0.1, 0.15) is 21.5 Å². The van der Waals surface area contributed by atoms with Gasteiger partial charge < -0.3 is 9.30 Å². The van der Waals surface area contributed by atoms with Crippen LogP contribution in [-0.4, -0.2) is 22.6 Å². The Labute approximate surface area is 150 Å². The molecule has 0 unspecified atom stereocenters. The quantitative estimate of drug-likeness (QED) is 0.383. The standard InChI is InChI=1S/C18H13F3N2O4/c1-27-17(24)15-10-22(16-6-5-13(23(25)26)8-14(15)16)9-11-3-2-4-12(7-11)18(19,20)21/h2-8,10H,9H2,1H3. The maximum atomic E-state index is 12.9. The number of methoxy groups -OCH3 is 1. The zero-order chi connectivity index (χ0) is 19.8. The number of nitro benzene ring substituents is 1. The maximum absolute atomic E-state index is 12.9. The lowest BCUT2D eigenvalue weighted by atomic mass is 10.1. The third kappa shape index (κ3) is 3.62. The molecule has 0 aliphatic heterocycles. The van der Waals surface area contributed by atoms with Crippen molar-refractivity contribution < 1.29 is 27.6 Å². The summed E-state index contributed by atoms with van der Waals surface area (Å²) in [5, 5.41) is 11.3. The highest BCUT2D eigenvalue weighted by atomic mass is 19.4. The molecule has 27 heavy (non-hydrogen) atoms. The first-order valence-corrected chi connectivity index (χ1v) is 7.72. The average molecular weight is 378 g/mol. The second-order valence-corrected chi connectivity index (χ2v) is 5.82. The van der Waals surface area contributed by atoms with Gasteiger partial charge >= 0.3 is 12.1 Å². The normalized spacial score (nSPS) is 11.6. The molecule has 0 radical (unpaired) electrons. The summed E-state index contributed by atoms with van der Waals surface area (Å²) in [4.78, 5) is 22.4. The van der Waals surface area contributed by atoms with E-state index in [2.05, 4.69) is 0 Å². The minimum absolute atomic E-state index is 0.0508. The van der Waals surface area contributed by atoms with Crippen molar-refractivity contribution in [1.82, 2.24) is 4.57 Å². The van der Waals surface area contributed by atoms with Crippen LogP contribution in [0.4, 0.5) is 18.9 Å². The SMILES string of the molecule is COC(=O)c1cn(Cc2cccc(C(F)(F)F)c2)c2ccc([N+](=O)[O-])cc12. The van der Waals surface area contributed by atoms with Crippen molar-refractivity contribution in [2.75, 3.05) is 7.11 Å². The highest BCUT2D eigenvalue weighted by Gasteiger charge is 2.30. The van der Waals surface area contributed by atoms with E-state index >= 15 is 0 Å². The van der Waals surface area contributed by atoms with E-state index in [1.165, 1.54) is 43.6 Å². The van der Waals surface area contributed by atoms with Gasteiger partial charge in [0.1, 0.15) is 0 Å². The third-order valence-electron chi connectivity index (χ3n) is 4.09. The van der Waals surface area contributed by atoms with Gasteiger partial charge in [0.2, 0.25) is 0 Å². The Hall–Kier alpha value is -3.36. The number of benzene rings is 2. The molecule has 2 aromatic carbocycles. The number of fused-ring (bicyclic) bond motifs is 1. The molecule has 0 aliphatic rings. The van der Waals surface area contributed by atoms with E-state index in [-0.39, 0.29) is 17.8 Å². The summed E-state index contributed by atoms with van der Waals surface area (Å²) in [6.07, 6.45) is -3.05. The molecule has 0 amide bonds. The predicted molar refractivity (Wildman–Crippen MR) is 90.5 cm³/mol. The van der Waals surface area contributed by atoms with Crippen LogP contribution in [0.5, 0.6) is 0 Å². The number of halogens is 3. The number of carbonyl (C=O) groups is 1. The van der Waals surface area contributed by atoms with Gasteiger partial charge in [0.05, 0.1) is 23.2 Å². The lowest BCUT2D eigenvalue weighted by Gasteiger charge is -2.10. The lowest BCUT2D eigenvalue weighted by Crippen LogP contribution is -2.06. The first-order chi connectivity index (χ1) is 12.7. The summed E-state index contributed by atoms with van der Waals surface area (Å²) in [6, 6.07) is 8.79. The van der Waals surface area contributed by atoms with Crippen LogP contribution >= 0.6 is 0 Å². The molecular formula is C18H13F3N2O4. The Morgan fingerprint density at radius 3 is 2.59 bits per heavy atom. The van der Waals surface area contributed by atoms with Crippen LogP contribution in [0.2, 0.25) is 0 Å². The minimum Gasteiger partial charge on any atom is -0.465 e. The summed E-state index contributed by atoms with van der Waals surface area (Å²) in [7, 11) is 1.18. The monoisotopic (exact) mass is 378 g/mol. The van der Waals surface area contributed by atoms with Gasteiger partial charge in [-0.25, -0.2) is 4.79 Å². The second kappa shape index (κ2) is 6.75. The molecule has 3 rings (SSSR count). The molecule has 0 saturated carbocycles. The predicted octanol–water partition coefficient (Wildman–Crippen LogP) is 4.40. The largest absolute Gasteiger partial charge is 0.465 e. The van der Waals surface area contributed by atoms with E-state index < -0.39 is 22.6 Å². The number of nitrogens with zero attached hydrogens (tertiary/aromatic N) is 2. The van der Waals surface area contributed by atoms with Crippen molar-refractivity contribution in [2.24, 2.45) is 0 Å². The lowest BCUT2D eigenvalue weighted by molar-refractivity contribution is -0.384. The molecule has 6 nitrogen and oxygen atoms in total. The van der Waals surface area contributed by atoms with Gasteiger partial charge in [0, 0.05) is 35.8 Å². The van der Waals surface area contributed by atoms with Gasteiger partial charge in [-0.05, 0) is 23.8 Å². The number of carbonyl (C=O) groups excluding carboxylic acids is 1. The Balaban J connectivity index is 2.10. The summed E-state index contributed by atoms with van der Waals surface area (Å²) in [5.74, 6) is -0.691. The second-order valence-electron chi connectivity index (χ2n) is 5.82. The number of ether oxygens (including phenoxy) is 1. The fraction of sp³-hybridized carbons (Fsp3) is 0.167. The number of nitro groups is 1. The molecule has 0 N–H and O–H groups in total. The van der Waals surface area contributed by atoms with Crippen LogP contribution < -0.4 is 0 Å². The van der Waals surface area contributed by atoms with Gasteiger partial charge in [0.25, 0.3) is 5.69 Å². The first-order valence-electron chi connectivity index (χ1n) is 7.72. The van der Waals surface area contributed by atoms with E-state index in [4.69, 9.17) is 4.74 Å². The van der Waals surface area contributed by atoms with E-state index in [0.29, 0.717) is 16.5 Å². The fourth-order valence-corrected chi connectivity index (χ4v) is 2.84. The van der Waals surface area contributed by atoms with E-state index in [9.17, 15) is 28.1 Å². The van der Waals surface area contributed by atoms with Crippen LogP contribution in [0, 0.1) is 10.1 Å². The molecule has 1 heterocycles. The average Bonchev–Trinajstić information content (AvgIpc) is 2.98. The van der Waals surface area contributed by atoms with Crippen molar-refractivity contribution in [3.63, 3.8) is 0 Å². The molecule has 0 bridgehead atoms. The highest BCUT2D eigenvalue weighted by Crippen LogP contribution is 2.31. The molecule has 0 atom stereocenters. The topological polar surface area (TPSA) is 74.4 Å². The molecule has 0 spiro atoms. The van der Waals surface area contributed by atoms with Crippen LogP contribution in [-0.2, 0) is 17.5 Å². The summed E-state index contributed by atoms with van der Waals surface area (Å²) < 4.78 is 45.0. The van der Waals surface area contributed by atoms with Crippen molar-refractivity contribution in [2.45, 2.75) is 12.7 Å². The number of aromatic nitrogens is 1. The number of hydrogen-bond acceptors (Lipinski definition) is 4.